The van der Waals surface area contributed by atoms with Crippen LogP contribution in [-0.2, 0) is 9.53 Å². The fourth-order valence-corrected chi connectivity index (χ4v) is 1.85. The van der Waals surface area contributed by atoms with E-state index in [9.17, 15) is 4.79 Å². The molecule has 0 aliphatic carbocycles. The number of rotatable bonds is 2. The van der Waals surface area contributed by atoms with E-state index in [0.29, 0.717) is 5.69 Å². The van der Waals surface area contributed by atoms with Crippen LogP contribution in [0, 0.1) is 23.7 Å². The van der Waals surface area contributed by atoms with Gasteiger partial charge in [-0.1, -0.05) is 22.0 Å². The lowest BCUT2D eigenvalue weighted by atomic mass is 9.87. The van der Waals surface area contributed by atoms with Gasteiger partial charge >= 0.3 is 0 Å². The van der Waals surface area contributed by atoms with E-state index in [2.05, 4.69) is 21.2 Å². The van der Waals surface area contributed by atoms with Crippen molar-refractivity contribution >= 4 is 27.5 Å². The largest absolute Gasteiger partial charge is 0.377 e. The maximum Gasteiger partial charge on any atom is 0.249 e. The summed E-state index contributed by atoms with van der Waals surface area (Å²) < 4.78 is 5.86. The van der Waals surface area contributed by atoms with Crippen molar-refractivity contribution in [1.29, 1.82) is 5.26 Å². The van der Waals surface area contributed by atoms with Gasteiger partial charge in [0.25, 0.3) is 0 Å². The van der Waals surface area contributed by atoms with Gasteiger partial charge in [-0.25, -0.2) is 0 Å². The van der Waals surface area contributed by atoms with Gasteiger partial charge in [0, 0.05) is 10.2 Å². The molecule has 1 aliphatic heterocycles. The van der Waals surface area contributed by atoms with E-state index >= 15 is 0 Å². The molecule has 0 aromatic heterocycles. The molecular weight excluding hydrogens is 284 g/mol. The van der Waals surface area contributed by atoms with Crippen molar-refractivity contribution in [2.24, 2.45) is 5.41 Å². The summed E-state index contributed by atoms with van der Waals surface area (Å²) in [7, 11) is 0. The Morgan fingerprint density at radius 3 is 2.76 bits per heavy atom. The molecule has 0 saturated carbocycles. The zero-order valence-electron chi connectivity index (χ0n) is 9.29. The maximum absolute atomic E-state index is 11.9. The second-order valence-corrected chi connectivity index (χ2v) is 4.96. The molecule has 2 rings (SSSR count). The average Bonchev–Trinajstić information content (AvgIpc) is 2.23. The third-order valence-corrected chi connectivity index (χ3v) is 3.63. The van der Waals surface area contributed by atoms with Crippen molar-refractivity contribution in [1.82, 2.24) is 0 Å². The lowest BCUT2D eigenvalue weighted by molar-refractivity contribution is -0.144. The van der Waals surface area contributed by atoms with Gasteiger partial charge in [-0.2, -0.15) is 5.26 Å². The molecule has 1 aliphatic rings. The van der Waals surface area contributed by atoms with Crippen molar-refractivity contribution in [3.8, 4) is 6.07 Å². The molecule has 1 amide bonds. The van der Waals surface area contributed by atoms with Crippen LogP contribution < -0.4 is 5.32 Å². The predicted octanol–water partition coefficient (Wildman–Crippen LogP) is 2.24. The summed E-state index contributed by atoms with van der Waals surface area (Å²) in [5.74, 6) is -0.304. The topological polar surface area (TPSA) is 62.1 Å². The molecule has 0 atom stereocenters. The van der Waals surface area contributed by atoms with Crippen LogP contribution >= 0.6 is 15.9 Å². The van der Waals surface area contributed by atoms with E-state index in [1.54, 1.807) is 0 Å². The van der Waals surface area contributed by atoms with Crippen LogP contribution in [0.4, 0.5) is 5.69 Å². The number of carbonyl (C=O) groups is 1. The SMILES string of the molecule is Cc1ccc(NC(=O)C2(C#N)COC2)cc1Br. The molecule has 0 bridgehead atoms. The fraction of sp³-hybridized carbons (Fsp3) is 0.333. The number of nitrogens with one attached hydrogen (secondary N) is 1. The molecule has 1 saturated heterocycles. The summed E-state index contributed by atoms with van der Waals surface area (Å²) in [6.45, 7) is 2.30. The number of anilines is 1. The fourth-order valence-electron chi connectivity index (χ4n) is 1.47. The minimum absolute atomic E-state index is 0.169. The van der Waals surface area contributed by atoms with Gasteiger partial charge in [0.1, 0.15) is 0 Å². The van der Waals surface area contributed by atoms with Gasteiger partial charge in [0.2, 0.25) is 5.91 Å². The molecule has 0 radical (unpaired) electrons. The molecule has 5 heteroatoms. The summed E-state index contributed by atoms with van der Waals surface area (Å²) in [5.41, 5.74) is 0.746. The monoisotopic (exact) mass is 294 g/mol. The number of nitriles is 1. The highest BCUT2D eigenvalue weighted by molar-refractivity contribution is 9.10. The second-order valence-electron chi connectivity index (χ2n) is 4.10. The van der Waals surface area contributed by atoms with E-state index in [1.165, 1.54) is 0 Å². The molecule has 17 heavy (non-hydrogen) atoms. The van der Waals surface area contributed by atoms with E-state index in [4.69, 9.17) is 10.00 Å². The Balaban J connectivity index is 2.13. The van der Waals surface area contributed by atoms with Gasteiger partial charge in [0.05, 0.1) is 19.3 Å². The number of benzene rings is 1. The first kappa shape index (κ1) is 12.1. The molecule has 1 aromatic rings. The predicted molar refractivity (Wildman–Crippen MR) is 66.4 cm³/mol. The van der Waals surface area contributed by atoms with Crippen LogP contribution in [0.5, 0.6) is 0 Å². The van der Waals surface area contributed by atoms with Crippen LogP contribution in [0.2, 0.25) is 0 Å². The van der Waals surface area contributed by atoms with Crippen molar-refractivity contribution in [3.63, 3.8) is 0 Å². The number of nitrogens with zero attached hydrogens (tertiary/aromatic N) is 1. The van der Waals surface area contributed by atoms with Crippen molar-refractivity contribution in [3.05, 3.63) is 28.2 Å². The second kappa shape index (κ2) is 4.47. The van der Waals surface area contributed by atoms with Crippen LogP contribution in [0.25, 0.3) is 0 Å². The Bertz CT molecular complexity index is 504. The molecule has 0 spiro atoms. The summed E-state index contributed by atoms with van der Waals surface area (Å²) in [6.07, 6.45) is 0. The lowest BCUT2D eigenvalue weighted by Gasteiger charge is -2.33. The first-order chi connectivity index (χ1) is 8.07. The summed E-state index contributed by atoms with van der Waals surface area (Å²) in [5, 5.41) is 11.7. The van der Waals surface area contributed by atoms with E-state index in [-0.39, 0.29) is 19.1 Å². The zero-order valence-corrected chi connectivity index (χ0v) is 10.9. The highest BCUT2D eigenvalue weighted by Gasteiger charge is 2.46. The van der Waals surface area contributed by atoms with Gasteiger partial charge in [-0.15, -0.1) is 0 Å². The van der Waals surface area contributed by atoms with Crippen molar-refractivity contribution in [2.75, 3.05) is 18.5 Å². The Morgan fingerprint density at radius 1 is 1.59 bits per heavy atom. The lowest BCUT2D eigenvalue weighted by Crippen LogP contribution is -2.50. The number of amides is 1. The minimum atomic E-state index is -1.02. The standard InChI is InChI=1S/C12H11BrN2O2/c1-8-2-3-9(4-10(8)13)15-11(16)12(5-14)6-17-7-12/h2-4H,6-7H2,1H3,(H,15,16). The van der Waals surface area contributed by atoms with Gasteiger partial charge in [0.15, 0.2) is 5.41 Å². The molecule has 1 heterocycles. The highest BCUT2D eigenvalue weighted by atomic mass is 79.9. The zero-order chi connectivity index (χ0) is 12.5. The van der Waals surface area contributed by atoms with Crippen LogP contribution in [0.1, 0.15) is 5.56 Å². The van der Waals surface area contributed by atoms with Gasteiger partial charge < -0.3 is 10.1 Å². The quantitative estimate of drug-likeness (QED) is 0.910. The van der Waals surface area contributed by atoms with Gasteiger partial charge in [-0.3, -0.25) is 4.79 Å². The van der Waals surface area contributed by atoms with E-state index in [0.717, 1.165) is 10.0 Å². The van der Waals surface area contributed by atoms with Gasteiger partial charge in [-0.05, 0) is 24.6 Å². The molecule has 0 unspecified atom stereocenters. The molecular formula is C12H11BrN2O2. The van der Waals surface area contributed by atoms with Crippen LogP contribution in [0.15, 0.2) is 22.7 Å². The molecule has 88 valence electrons. The van der Waals surface area contributed by atoms with Crippen molar-refractivity contribution in [2.45, 2.75) is 6.92 Å². The maximum atomic E-state index is 11.9. The normalized spacial score (nSPS) is 16.8. The first-order valence-corrected chi connectivity index (χ1v) is 5.93. The smallest absolute Gasteiger partial charge is 0.249 e. The number of hydrogen-bond donors (Lipinski definition) is 1. The Morgan fingerprint density at radius 2 is 2.29 bits per heavy atom. The Kier molecular flexibility index (Phi) is 3.18. The molecule has 1 N–H and O–H groups in total. The third kappa shape index (κ3) is 2.19. The Labute approximate surface area is 108 Å². The number of hydrogen-bond acceptors (Lipinski definition) is 3. The number of halogens is 1. The van der Waals surface area contributed by atoms with E-state index < -0.39 is 5.41 Å². The van der Waals surface area contributed by atoms with Crippen LogP contribution in [-0.4, -0.2) is 19.1 Å². The molecule has 1 fully saturated rings. The summed E-state index contributed by atoms with van der Waals surface area (Å²) in [6, 6.07) is 7.54. The number of carbonyl (C=O) groups excluding carboxylic acids is 1. The first-order valence-electron chi connectivity index (χ1n) is 5.14. The molecule has 4 nitrogen and oxygen atoms in total. The number of aryl methyl sites for hydroxylation is 1. The van der Waals surface area contributed by atoms with Crippen molar-refractivity contribution < 1.29 is 9.53 Å². The van der Waals surface area contributed by atoms with E-state index in [1.807, 2.05) is 31.2 Å². The summed E-state index contributed by atoms with van der Waals surface area (Å²) in [4.78, 5) is 11.9. The Hall–Kier alpha value is -1.38. The third-order valence-electron chi connectivity index (χ3n) is 2.78. The summed E-state index contributed by atoms with van der Waals surface area (Å²) >= 11 is 3.39. The average molecular weight is 295 g/mol. The molecule has 1 aromatic carbocycles. The highest BCUT2D eigenvalue weighted by Crippen LogP contribution is 2.29. The number of ether oxygens (including phenoxy) is 1. The minimum Gasteiger partial charge on any atom is -0.377 e. The van der Waals surface area contributed by atoms with Crippen LogP contribution in [0.3, 0.4) is 0 Å².